The average molecular weight is 301 g/mol. The Kier molecular flexibility index (Phi) is 4.79. The van der Waals surface area contributed by atoms with Crippen LogP contribution < -0.4 is 5.73 Å². The highest BCUT2D eigenvalue weighted by Crippen LogP contribution is 2.23. The monoisotopic (exact) mass is 301 g/mol. The Morgan fingerprint density at radius 3 is 2.82 bits per heavy atom. The molecule has 1 aromatic carbocycles. The predicted molar refractivity (Wildman–Crippen MR) is 88.4 cm³/mol. The van der Waals surface area contributed by atoms with Gasteiger partial charge in [-0.15, -0.1) is 0 Å². The van der Waals surface area contributed by atoms with Gasteiger partial charge in [-0.25, -0.2) is 0 Å². The van der Waals surface area contributed by atoms with E-state index in [0.29, 0.717) is 25.0 Å². The van der Waals surface area contributed by atoms with Crippen LogP contribution in [0.15, 0.2) is 24.3 Å². The molecule has 0 aliphatic carbocycles. The number of carbonyl (C=O) groups excluding carboxylic acids is 1. The van der Waals surface area contributed by atoms with Crippen LogP contribution in [0.5, 0.6) is 0 Å². The molecule has 1 fully saturated rings. The van der Waals surface area contributed by atoms with Crippen molar-refractivity contribution in [3.05, 3.63) is 35.4 Å². The average Bonchev–Trinajstić information content (AvgIpc) is 2.54. The summed E-state index contributed by atoms with van der Waals surface area (Å²) in [5.41, 5.74) is 8.62. The molecule has 4 heteroatoms. The standard InChI is InChI=1S/C18H27N3O/c1-14-5-4-9-20(17(14)11-19)13-18(22)21-10-8-15-6-2-3-7-16(15)12-21/h2-3,6-7,14,17H,4-5,8-13,19H2,1H3. The Balaban J connectivity index is 1.63. The Hall–Kier alpha value is -1.39. The summed E-state index contributed by atoms with van der Waals surface area (Å²) in [4.78, 5) is 17.0. The van der Waals surface area contributed by atoms with Crippen LogP contribution in [-0.4, -0.2) is 47.9 Å². The highest BCUT2D eigenvalue weighted by molar-refractivity contribution is 5.78. The number of amides is 1. The molecule has 2 aliphatic heterocycles. The van der Waals surface area contributed by atoms with Gasteiger partial charge >= 0.3 is 0 Å². The van der Waals surface area contributed by atoms with Crippen LogP contribution in [0.4, 0.5) is 0 Å². The normalized spacial score (nSPS) is 25.8. The van der Waals surface area contributed by atoms with E-state index in [4.69, 9.17) is 5.73 Å². The molecule has 4 nitrogen and oxygen atoms in total. The number of nitrogens with two attached hydrogens (primary N) is 1. The van der Waals surface area contributed by atoms with Gasteiger partial charge in [-0.2, -0.15) is 0 Å². The molecule has 120 valence electrons. The van der Waals surface area contributed by atoms with Crippen molar-refractivity contribution in [3.8, 4) is 0 Å². The molecule has 2 aliphatic rings. The number of piperidine rings is 1. The maximum atomic E-state index is 12.7. The summed E-state index contributed by atoms with van der Waals surface area (Å²) in [6.45, 7) is 6.03. The third kappa shape index (κ3) is 3.18. The molecule has 2 unspecified atom stereocenters. The van der Waals surface area contributed by atoms with Crippen molar-refractivity contribution in [2.75, 3.05) is 26.2 Å². The summed E-state index contributed by atoms with van der Waals surface area (Å²) < 4.78 is 0. The number of fused-ring (bicyclic) bond motifs is 1. The molecule has 0 radical (unpaired) electrons. The van der Waals surface area contributed by atoms with E-state index in [9.17, 15) is 4.79 Å². The van der Waals surface area contributed by atoms with E-state index in [1.807, 2.05) is 4.90 Å². The third-order valence-corrected chi connectivity index (χ3v) is 5.29. The van der Waals surface area contributed by atoms with Crippen molar-refractivity contribution in [2.45, 2.75) is 38.8 Å². The van der Waals surface area contributed by atoms with E-state index in [1.165, 1.54) is 24.0 Å². The van der Waals surface area contributed by atoms with E-state index in [0.717, 1.165) is 26.1 Å². The molecule has 2 heterocycles. The van der Waals surface area contributed by atoms with Crippen molar-refractivity contribution in [2.24, 2.45) is 11.7 Å². The fraction of sp³-hybridized carbons (Fsp3) is 0.611. The summed E-state index contributed by atoms with van der Waals surface area (Å²) in [5.74, 6) is 0.843. The van der Waals surface area contributed by atoms with Gasteiger partial charge in [0.2, 0.25) is 5.91 Å². The smallest absolute Gasteiger partial charge is 0.237 e. The number of nitrogens with zero attached hydrogens (tertiary/aromatic N) is 2. The van der Waals surface area contributed by atoms with E-state index in [-0.39, 0.29) is 5.91 Å². The Bertz CT molecular complexity index is 531. The summed E-state index contributed by atoms with van der Waals surface area (Å²) in [5, 5.41) is 0. The molecule has 3 rings (SSSR count). The van der Waals surface area contributed by atoms with Gasteiger partial charge in [0.15, 0.2) is 0 Å². The zero-order valence-electron chi connectivity index (χ0n) is 13.5. The summed E-state index contributed by atoms with van der Waals surface area (Å²) in [6.07, 6.45) is 3.37. The maximum Gasteiger partial charge on any atom is 0.237 e. The van der Waals surface area contributed by atoms with Gasteiger partial charge in [0.05, 0.1) is 6.54 Å². The molecule has 1 aromatic rings. The maximum absolute atomic E-state index is 12.7. The minimum Gasteiger partial charge on any atom is -0.337 e. The van der Waals surface area contributed by atoms with Gasteiger partial charge in [0.25, 0.3) is 0 Å². The lowest BCUT2D eigenvalue weighted by Crippen LogP contribution is -2.52. The first-order chi connectivity index (χ1) is 10.7. The lowest BCUT2D eigenvalue weighted by Gasteiger charge is -2.40. The summed E-state index contributed by atoms with van der Waals surface area (Å²) in [7, 11) is 0. The molecule has 1 saturated heterocycles. The second kappa shape index (κ2) is 6.80. The molecule has 0 aromatic heterocycles. The minimum absolute atomic E-state index is 0.252. The Labute approximate surface area is 133 Å². The predicted octanol–water partition coefficient (Wildman–Crippen LogP) is 1.63. The van der Waals surface area contributed by atoms with Gasteiger partial charge in [0.1, 0.15) is 0 Å². The molecule has 2 N–H and O–H groups in total. The highest BCUT2D eigenvalue weighted by Gasteiger charge is 2.30. The molecular weight excluding hydrogens is 274 g/mol. The first kappa shape index (κ1) is 15.5. The zero-order valence-corrected chi connectivity index (χ0v) is 13.5. The number of hydrogen-bond acceptors (Lipinski definition) is 3. The number of likely N-dealkylation sites (tertiary alicyclic amines) is 1. The second-order valence-electron chi connectivity index (χ2n) is 6.73. The molecule has 0 spiro atoms. The van der Waals surface area contributed by atoms with Crippen molar-refractivity contribution >= 4 is 5.91 Å². The number of benzene rings is 1. The number of rotatable bonds is 3. The van der Waals surface area contributed by atoms with Crippen LogP contribution in [0.2, 0.25) is 0 Å². The van der Waals surface area contributed by atoms with Crippen molar-refractivity contribution in [1.29, 1.82) is 0 Å². The van der Waals surface area contributed by atoms with Gasteiger partial charge in [-0.1, -0.05) is 31.2 Å². The first-order valence-electron chi connectivity index (χ1n) is 8.47. The lowest BCUT2D eigenvalue weighted by atomic mass is 9.91. The highest BCUT2D eigenvalue weighted by atomic mass is 16.2. The topological polar surface area (TPSA) is 49.6 Å². The van der Waals surface area contributed by atoms with E-state index in [2.05, 4.69) is 36.1 Å². The van der Waals surface area contributed by atoms with Crippen LogP contribution in [0.1, 0.15) is 30.9 Å². The minimum atomic E-state index is 0.252. The van der Waals surface area contributed by atoms with E-state index in [1.54, 1.807) is 0 Å². The largest absolute Gasteiger partial charge is 0.337 e. The molecule has 22 heavy (non-hydrogen) atoms. The van der Waals surface area contributed by atoms with Crippen molar-refractivity contribution in [1.82, 2.24) is 9.80 Å². The van der Waals surface area contributed by atoms with Gasteiger partial charge < -0.3 is 10.6 Å². The third-order valence-electron chi connectivity index (χ3n) is 5.29. The van der Waals surface area contributed by atoms with Gasteiger partial charge in [0, 0.05) is 25.7 Å². The Morgan fingerprint density at radius 1 is 1.27 bits per heavy atom. The molecule has 0 saturated carbocycles. The van der Waals surface area contributed by atoms with Crippen LogP contribution in [0.25, 0.3) is 0 Å². The lowest BCUT2D eigenvalue weighted by molar-refractivity contribution is -0.134. The quantitative estimate of drug-likeness (QED) is 0.923. The fourth-order valence-electron chi connectivity index (χ4n) is 3.89. The number of hydrogen-bond donors (Lipinski definition) is 1. The summed E-state index contributed by atoms with van der Waals surface area (Å²) in [6, 6.07) is 8.81. The first-order valence-corrected chi connectivity index (χ1v) is 8.47. The second-order valence-corrected chi connectivity index (χ2v) is 6.73. The SMILES string of the molecule is CC1CCCN(CC(=O)N2CCc3ccccc3C2)C1CN. The van der Waals surface area contributed by atoms with Crippen LogP contribution in [-0.2, 0) is 17.8 Å². The molecular formula is C18H27N3O. The summed E-state index contributed by atoms with van der Waals surface area (Å²) >= 11 is 0. The van der Waals surface area contributed by atoms with E-state index < -0.39 is 0 Å². The molecule has 2 atom stereocenters. The molecule has 1 amide bonds. The van der Waals surface area contributed by atoms with Crippen LogP contribution in [0.3, 0.4) is 0 Å². The van der Waals surface area contributed by atoms with Crippen LogP contribution in [0, 0.1) is 5.92 Å². The fourth-order valence-corrected chi connectivity index (χ4v) is 3.89. The number of carbonyl (C=O) groups is 1. The zero-order chi connectivity index (χ0) is 15.5. The van der Waals surface area contributed by atoms with Crippen LogP contribution >= 0.6 is 0 Å². The van der Waals surface area contributed by atoms with Crippen molar-refractivity contribution in [3.63, 3.8) is 0 Å². The van der Waals surface area contributed by atoms with E-state index >= 15 is 0 Å². The van der Waals surface area contributed by atoms with Gasteiger partial charge in [-0.3, -0.25) is 9.69 Å². The Morgan fingerprint density at radius 2 is 2.05 bits per heavy atom. The molecule has 0 bridgehead atoms. The van der Waals surface area contributed by atoms with Gasteiger partial charge in [-0.05, 0) is 42.9 Å². The van der Waals surface area contributed by atoms with Crippen molar-refractivity contribution < 1.29 is 4.79 Å².